The standard InChI is InChI=1S/C21H20N2O5/c1-11-8-9-13(10-12(11)2)23-20(24)16-17(22-28-19(16)21(23)25)14-6-5-7-15(26-3)18(14)27-4/h5-10,16,19H,1-4H3/t16-,19-/m1/s1. The number of hydrogen-bond donors (Lipinski definition) is 0. The van der Waals surface area contributed by atoms with E-state index in [1.165, 1.54) is 19.1 Å². The molecule has 0 spiro atoms. The quantitative estimate of drug-likeness (QED) is 0.762. The van der Waals surface area contributed by atoms with Crippen LogP contribution in [0.25, 0.3) is 0 Å². The van der Waals surface area contributed by atoms with Crippen molar-refractivity contribution in [3.05, 3.63) is 53.1 Å². The summed E-state index contributed by atoms with van der Waals surface area (Å²) < 4.78 is 10.8. The van der Waals surface area contributed by atoms with Crippen LogP contribution in [0.3, 0.4) is 0 Å². The molecule has 1 saturated heterocycles. The maximum Gasteiger partial charge on any atom is 0.278 e. The summed E-state index contributed by atoms with van der Waals surface area (Å²) in [5.74, 6) is -0.653. The monoisotopic (exact) mass is 380 g/mol. The zero-order valence-electron chi connectivity index (χ0n) is 16.1. The smallest absolute Gasteiger partial charge is 0.278 e. The van der Waals surface area contributed by atoms with Crippen LogP contribution in [0.15, 0.2) is 41.6 Å². The molecule has 2 aromatic rings. The molecule has 2 heterocycles. The molecule has 2 amide bonds. The number of carbonyl (C=O) groups excluding carboxylic acids is 2. The average Bonchev–Trinajstić information content (AvgIpc) is 3.23. The van der Waals surface area contributed by atoms with Crippen LogP contribution in [0, 0.1) is 19.8 Å². The second kappa shape index (κ2) is 6.67. The first-order chi connectivity index (χ1) is 13.5. The summed E-state index contributed by atoms with van der Waals surface area (Å²) in [5.41, 5.74) is 3.55. The maximum absolute atomic E-state index is 13.2. The van der Waals surface area contributed by atoms with E-state index in [-0.39, 0.29) is 5.91 Å². The number of ether oxygens (including phenoxy) is 2. The summed E-state index contributed by atoms with van der Waals surface area (Å²) in [6.45, 7) is 3.92. The van der Waals surface area contributed by atoms with Crippen molar-refractivity contribution in [2.45, 2.75) is 20.0 Å². The zero-order chi connectivity index (χ0) is 20.0. The van der Waals surface area contributed by atoms with Crippen molar-refractivity contribution in [1.82, 2.24) is 0 Å². The van der Waals surface area contributed by atoms with E-state index in [0.717, 1.165) is 11.1 Å². The van der Waals surface area contributed by atoms with Gasteiger partial charge < -0.3 is 14.3 Å². The Morgan fingerprint density at radius 1 is 1.00 bits per heavy atom. The van der Waals surface area contributed by atoms with Gasteiger partial charge in [-0.1, -0.05) is 17.3 Å². The van der Waals surface area contributed by atoms with Crippen molar-refractivity contribution in [3.8, 4) is 11.5 Å². The fourth-order valence-corrected chi connectivity index (χ4v) is 3.61. The van der Waals surface area contributed by atoms with Crippen LogP contribution in [-0.4, -0.2) is 37.8 Å². The van der Waals surface area contributed by atoms with Crippen LogP contribution >= 0.6 is 0 Å². The molecule has 144 valence electrons. The minimum atomic E-state index is -0.972. The van der Waals surface area contributed by atoms with Crippen molar-refractivity contribution < 1.29 is 23.9 Å². The van der Waals surface area contributed by atoms with E-state index < -0.39 is 17.9 Å². The van der Waals surface area contributed by atoms with Crippen molar-refractivity contribution >= 4 is 23.2 Å². The molecule has 2 aliphatic heterocycles. The number of methoxy groups -OCH3 is 2. The molecule has 2 atom stereocenters. The Balaban J connectivity index is 1.74. The number of benzene rings is 2. The van der Waals surface area contributed by atoms with Crippen LogP contribution in [0.5, 0.6) is 11.5 Å². The van der Waals surface area contributed by atoms with Gasteiger partial charge in [0.2, 0.25) is 12.0 Å². The van der Waals surface area contributed by atoms with E-state index in [0.29, 0.717) is 28.5 Å². The highest BCUT2D eigenvalue weighted by atomic mass is 16.7. The lowest BCUT2D eigenvalue weighted by Crippen LogP contribution is -2.33. The molecule has 0 radical (unpaired) electrons. The fraction of sp³-hybridized carbons (Fsp3) is 0.286. The van der Waals surface area contributed by atoms with E-state index in [4.69, 9.17) is 14.3 Å². The molecular formula is C21H20N2O5. The van der Waals surface area contributed by atoms with Crippen LogP contribution in [0.4, 0.5) is 5.69 Å². The van der Waals surface area contributed by atoms with Crippen molar-refractivity contribution in [2.24, 2.45) is 11.1 Å². The number of nitrogens with zero attached hydrogens (tertiary/aromatic N) is 2. The van der Waals surface area contributed by atoms with Crippen molar-refractivity contribution in [2.75, 3.05) is 19.1 Å². The fourth-order valence-electron chi connectivity index (χ4n) is 3.61. The van der Waals surface area contributed by atoms with Gasteiger partial charge >= 0.3 is 0 Å². The lowest BCUT2D eigenvalue weighted by Gasteiger charge is -2.17. The number of fused-ring (bicyclic) bond motifs is 1. The third kappa shape index (κ3) is 2.54. The number of para-hydroxylation sites is 1. The highest BCUT2D eigenvalue weighted by Gasteiger charge is 2.56. The van der Waals surface area contributed by atoms with Crippen molar-refractivity contribution in [3.63, 3.8) is 0 Å². The van der Waals surface area contributed by atoms with Gasteiger partial charge in [0, 0.05) is 5.56 Å². The number of anilines is 1. The van der Waals surface area contributed by atoms with E-state index in [9.17, 15) is 9.59 Å². The third-order valence-corrected chi connectivity index (χ3v) is 5.24. The molecule has 0 aromatic heterocycles. The Morgan fingerprint density at radius 3 is 2.46 bits per heavy atom. The van der Waals surface area contributed by atoms with E-state index in [1.54, 1.807) is 24.3 Å². The first-order valence-electron chi connectivity index (χ1n) is 8.88. The Labute approximate surface area is 162 Å². The second-order valence-electron chi connectivity index (χ2n) is 6.80. The number of oxime groups is 1. The Bertz CT molecular complexity index is 1010. The minimum absolute atomic E-state index is 0.362. The lowest BCUT2D eigenvalue weighted by molar-refractivity contribution is -0.126. The topological polar surface area (TPSA) is 77.4 Å². The predicted octanol–water partition coefficient (Wildman–Crippen LogP) is 2.61. The number of rotatable bonds is 4. The zero-order valence-corrected chi connectivity index (χ0v) is 16.1. The molecule has 0 unspecified atom stereocenters. The summed E-state index contributed by atoms with van der Waals surface area (Å²) in [6.07, 6.45) is -0.972. The summed E-state index contributed by atoms with van der Waals surface area (Å²) in [5, 5.41) is 4.05. The maximum atomic E-state index is 13.2. The summed E-state index contributed by atoms with van der Waals surface area (Å²) >= 11 is 0. The predicted molar refractivity (Wildman–Crippen MR) is 103 cm³/mol. The van der Waals surface area contributed by atoms with Gasteiger partial charge in [-0.05, 0) is 49.2 Å². The lowest BCUT2D eigenvalue weighted by atomic mass is 9.93. The minimum Gasteiger partial charge on any atom is -0.493 e. The van der Waals surface area contributed by atoms with Gasteiger partial charge in [0.1, 0.15) is 11.6 Å². The molecular weight excluding hydrogens is 360 g/mol. The molecule has 7 nitrogen and oxygen atoms in total. The molecule has 28 heavy (non-hydrogen) atoms. The third-order valence-electron chi connectivity index (χ3n) is 5.24. The first-order valence-corrected chi connectivity index (χ1v) is 8.88. The SMILES string of the molecule is COc1cccc(C2=NO[C@H]3C(=O)N(c4ccc(C)c(C)c4)C(=O)[C@H]23)c1OC. The van der Waals surface area contributed by atoms with Gasteiger partial charge in [-0.2, -0.15) is 0 Å². The van der Waals surface area contributed by atoms with Crippen LogP contribution in [0.2, 0.25) is 0 Å². The van der Waals surface area contributed by atoms with Gasteiger partial charge in [0.25, 0.3) is 5.91 Å². The summed E-state index contributed by atoms with van der Waals surface area (Å²) in [4.78, 5) is 32.7. The number of imide groups is 1. The normalized spacial score (nSPS) is 20.7. The Kier molecular flexibility index (Phi) is 4.30. The van der Waals surface area contributed by atoms with E-state index in [1.807, 2.05) is 26.0 Å². The van der Waals surface area contributed by atoms with Gasteiger partial charge in [-0.15, -0.1) is 0 Å². The largest absolute Gasteiger partial charge is 0.493 e. The van der Waals surface area contributed by atoms with E-state index >= 15 is 0 Å². The molecule has 0 N–H and O–H groups in total. The van der Waals surface area contributed by atoms with E-state index in [2.05, 4.69) is 5.16 Å². The molecule has 0 aliphatic carbocycles. The molecule has 0 saturated carbocycles. The van der Waals surface area contributed by atoms with Gasteiger partial charge in [0.15, 0.2) is 11.5 Å². The van der Waals surface area contributed by atoms with Crippen LogP contribution < -0.4 is 14.4 Å². The summed E-state index contributed by atoms with van der Waals surface area (Å²) in [7, 11) is 3.04. The van der Waals surface area contributed by atoms with Gasteiger partial charge in [-0.3, -0.25) is 9.59 Å². The molecule has 2 aromatic carbocycles. The molecule has 2 aliphatic rings. The number of carbonyl (C=O) groups is 2. The number of aryl methyl sites for hydroxylation is 2. The number of hydrogen-bond acceptors (Lipinski definition) is 6. The Hall–Kier alpha value is -3.35. The highest BCUT2D eigenvalue weighted by molar-refractivity contribution is 6.32. The van der Waals surface area contributed by atoms with Gasteiger partial charge in [0.05, 0.1) is 19.9 Å². The Morgan fingerprint density at radius 2 is 1.79 bits per heavy atom. The molecule has 1 fully saturated rings. The van der Waals surface area contributed by atoms with Crippen LogP contribution in [-0.2, 0) is 14.4 Å². The average molecular weight is 380 g/mol. The van der Waals surface area contributed by atoms with Crippen LogP contribution in [0.1, 0.15) is 16.7 Å². The van der Waals surface area contributed by atoms with Crippen molar-refractivity contribution in [1.29, 1.82) is 0 Å². The van der Waals surface area contributed by atoms with Gasteiger partial charge in [-0.25, -0.2) is 4.90 Å². The summed E-state index contributed by atoms with van der Waals surface area (Å²) in [6, 6.07) is 10.8. The molecule has 0 bridgehead atoms. The number of amides is 2. The highest BCUT2D eigenvalue weighted by Crippen LogP contribution is 2.39. The molecule has 7 heteroatoms. The second-order valence-corrected chi connectivity index (χ2v) is 6.80. The molecule has 4 rings (SSSR count). The first kappa shape index (κ1) is 18.0.